The summed E-state index contributed by atoms with van der Waals surface area (Å²) in [4.78, 5) is 55.3. The van der Waals surface area contributed by atoms with Crippen LogP contribution in [0.3, 0.4) is 0 Å². The van der Waals surface area contributed by atoms with E-state index in [1.54, 1.807) is 16.7 Å². The van der Waals surface area contributed by atoms with Crippen molar-refractivity contribution in [2.24, 2.45) is 0 Å². The molecular weight excluding hydrogens is 721 g/mol. The van der Waals surface area contributed by atoms with Crippen molar-refractivity contribution in [3.05, 3.63) is 92.7 Å². The van der Waals surface area contributed by atoms with Crippen molar-refractivity contribution in [3.63, 3.8) is 0 Å². The second-order valence-electron chi connectivity index (χ2n) is 11.6. The van der Waals surface area contributed by atoms with Crippen LogP contribution in [0.4, 0.5) is 11.4 Å². The molecular formula is C34H30N4O6S5. The van der Waals surface area contributed by atoms with Crippen LogP contribution in [0.25, 0.3) is 11.0 Å². The van der Waals surface area contributed by atoms with Crippen LogP contribution in [0.2, 0.25) is 0 Å². The van der Waals surface area contributed by atoms with Crippen LogP contribution in [0.15, 0.2) is 52.1 Å². The molecule has 1 saturated heterocycles. The van der Waals surface area contributed by atoms with Gasteiger partial charge in [0.05, 0.1) is 9.44 Å². The molecule has 2 unspecified atom stereocenters. The van der Waals surface area contributed by atoms with Crippen molar-refractivity contribution in [1.29, 1.82) is 0 Å². The summed E-state index contributed by atoms with van der Waals surface area (Å²) in [6.07, 6.45) is 5.08. The van der Waals surface area contributed by atoms with Crippen molar-refractivity contribution in [2.45, 2.75) is 58.3 Å². The van der Waals surface area contributed by atoms with E-state index in [1.807, 2.05) is 43.0 Å². The molecule has 2 aromatic carbocycles. The molecule has 49 heavy (non-hydrogen) atoms. The highest BCUT2D eigenvalue weighted by Gasteiger charge is 2.42. The summed E-state index contributed by atoms with van der Waals surface area (Å²) < 4.78 is 15.6. The molecule has 252 valence electrons. The largest absolute Gasteiger partial charge is 0.446 e. The highest BCUT2D eigenvalue weighted by Crippen LogP contribution is 2.52. The lowest BCUT2D eigenvalue weighted by atomic mass is 9.96. The highest BCUT2D eigenvalue weighted by atomic mass is 32.2. The number of benzene rings is 2. The first-order valence-corrected chi connectivity index (χ1v) is 19.0. The van der Waals surface area contributed by atoms with Gasteiger partial charge in [-0.05, 0) is 80.3 Å². The Balaban J connectivity index is 1.38. The number of hydrogen-bond acceptors (Lipinski definition) is 12. The van der Waals surface area contributed by atoms with Crippen LogP contribution < -0.4 is 30.0 Å². The van der Waals surface area contributed by atoms with Crippen molar-refractivity contribution in [3.8, 4) is 5.75 Å². The van der Waals surface area contributed by atoms with Gasteiger partial charge in [-0.15, -0.1) is 22.7 Å². The number of thioether (sulfide) groups is 1. The molecule has 4 aromatic rings. The van der Waals surface area contributed by atoms with E-state index in [2.05, 4.69) is 17.0 Å². The second kappa shape index (κ2) is 13.8. The molecule has 0 N–H and O–H groups in total. The Labute approximate surface area is 303 Å². The number of aromatic nitrogens is 2. The topological polar surface area (TPSA) is 103 Å². The maximum atomic E-state index is 13.9. The van der Waals surface area contributed by atoms with Gasteiger partial charge in [0.2, 0.25) is 0 Å². The molecule has 2 atom stereocenters. The van der Waals surface area contributed by atoms with E-state index in [0.717, 1.165) is 41.1 Å². The molecule has 2 aliphatic heterocycles. The lowest BCUT2D eigenvalue weighted by molar-refractivity contribution is -0.132. The Hall–Kier alpha value is -3.89. The number of ether oxygens (including phenoxy) is 2. The van der Waals surface area contributed by atoms with Crippen LogP contribution >= 0.6 is 58.9 Å². The minimum Gasteiger partial charge on any atom is -0.446 e. The van der Waals surface area contributed by atoms with Gasteiger partial charge in [0.15, 0.2) is 6.73 Å². The molecule has 0 amide bonds. The fourth-order valence-corrected chi connectivity index (χ4v) is 11.5. The Kier molecular flexibility index (Phi) is 9.45. The first kappa shape index (κ1) is 33.6. The molecule has 0 bridgehead atoms. The van der Waals surface area contributed by atoms with E-state index < -0.39 is 0 Å². The van der Waals surface area contributed by atoms with Crippen molar-refractivity contribution >= 4 is 103 Å². The third kappa shape index (κ3) is 5.80. The van der Waals surface area contributed by atoms with Gasteiger partial charge >= 0.3 is 0 Å². The molecule has 2 fully saturated rings. The fourth-order valence-electron chi connectivity index (χ4n) is 6.90. The summed E-state index contributed by atoms with van der Waals surface area (Å²) in [5, 5.41) is 0. The first-order chi connectivity index (χ1) is 23.8. The van der Waals surface area contributed by atoms with E-state index in [1.165, 1.54) is 44.6 Å². The van der Waals surface area contributed by atoms with Gasteiger partial charge in [-0.2, -0.15) is 0 Å². The molecule has 1 saturated carbocycles. The van der Waals surface area contributed by atoms with Crippen LogP contribution in [-0.4, -0.2) is 48.9 Å². The molecule has 1 aliphatic carbocycles. The van der Waals surface area contributed by atoms with E-state index in [4.69, 9.17) is 33.9 Å². The van der Waals surface area contributed by atoms with Crippen LogP contribution in [0, 0.1) is 9.20 Å². The molecule has 0 spiro atoms. The molecule has 15 heteroatoms. The average molecular weight is 751 g/mol. The summed E-state index contributed by atoms with van der Waals surface area (Å²) >= 11 is 15.1. The van der Waals surface area contributed by atoms with Gasteiger partial charge in [0.25, 0.3) is 24.1 Å². The van der Waals surface area contributed by atoms with Crippen molar-refractivity contribution in [2.75, 3.05) is 11.4 Å². The Bertz CT molecular complexity index is 2360. The molecule has 0 radical (unpaired) electrons. The van der Waals surface area contributed by atoms with Gasteiger partial charge in [0, 0.05) is 36.4 Å². The highest BCUT2D eigenvalue weighted by molar-refractivity contribution is 8.31. The average Bonchev–Trinajstić information content (AvgIpc) is 3.89. The second-order valence-corrected chi connectivity index (χ2v) is 15.6. The minimum atomic E-state index is -0.352. The predicted octanol–water partition coefficient (Wildman–Crippen LogP) is 4.51. The summed E-state index contributed by atoms with van der Waals surface area (Å²) in [7, 11) is 0. The quantitative estimate of drug-likeness (QED) is 0.179. The van der Waals surface area contributed by atoms with Crippen LogP contribution in [-0.2, 0) is 27.6 Å². The van der Waals surface area contributed by atoms with Gasteiger partial charge in [-0.3, -0.25) is 28.3 Å². The minimum absolute atomic E-state index is 0.248. The Morgan fingerprint density at radius 3 is 2.41 bits per heavy atom. The lowest BCUT2D eigenvalue weighted by Gasteiger charge is -2.27. The number of carbonyl (C=O) groups excluding carboxylic acids is 2. The third-order valence-corrected chi connectivity index (χ3v) is 13.6. The summed E-state index contributed by atoms with van der Waals surface area (Å²) in [6.45, 7) is 5.28. The number of carbonyl (C=O) groups is 2. The number of rotatable bonds is 9. The maximum Gasteiger partial charge on any atom is 0.298 e. The Morgan fingerprint density at radius 1 is 0.918 bits per heavy atom. The van der Waals surface area contributed by atoms with E-state index in [9.17, 15) is 19.2 Å². The predicted molar refractivity (Wildman–Crippen MR) is 201 cm³/mol. The van der Waals surface area contributed by atoms with Crippen LogP contribution in [0.1, 0.15) is 50.2 Å². The molecule has 3 aliphatic rings. The van der Waals surface area contributed by atoms with E-state index in [-0.39, 0.29) is 24.3 Å². The Morgan fingerprint density at radius 2 is 1.71 bits per heavy atom. The van der Waals surface area contributed by atoms with Gasteiger partial charge in [0.1, 0.15) is 28.9 Å². The zero-order valence-electron chi connectivity index (χ0n) is 26.5. The van der Waals surface area contributed by atoms with Gasteiger partial charge in [-0.25, -0.2) is 0 Å². The molecule has 7 rings (SSSR count). The standard InChI is InChI=1S/C34H30N4O6S5/c1-3-35-30(42)27(48-33(35)28-31(45)36(4-2)34(46)49-28)32-37(16-43-17-39)29(41)26(47-32)15-19-8-13-25-23(14-19)22-6-5-7-24(22)38(25)20-9-11-21(12-10-20)44-18-40/h8-15,17-18,22,24H,3-7,16H2,1-2H3/b26-15+,32-27+,33-28+. The molecule has 2 aromatic heterocycles. The van der Waals surface area contributed by atoms with Crippen molar-refractivity contribution in [1.82, 2.24) is 14.0 Å². The maximum absolute atomic E-state index is 13.9. The normalized spacial score (nSPS) is 20.6. The first-order valence-electron chi connectivity index (χ1n) is 15.7. The summed E-state index contributed by atoms with van der Waals surface area (Å²) in [5.41, 5.74) is 3.63. The number of anilines is 2. The van der Waals surface area contributed by atoms with E-state index in [0.29, 0.717) is 65.0 Å². The monoisotopic (exact) mass is 750 g/mol. The summed E-state index contributed by atoms with van der Waals surface area (Å²) in [5.74, 6) is 0.835. The number of thiazole rings is 2. The lowest BCUT2D eigenvalue weighted by Crippen LogP contribution is -2.30. The molecule has 4 heterocycles. The van der Waals surface area contributed by atoms with Crippen LogP contribution in [0.5, 0.6) is 5.75 Å². The van der Waals surface area contributed by atoms with Gasteiger partial charge in [-0.1, -0.05) is 48.7 Å². The SMILES string of the molecule is CCN1C(=S)S/C(=c2/s/c(=c3/s/c(=C/c4ccc5c(c4)C4CCCC4N5c4ccc(OC=O)cc4)c(=O)n3COC=O)c(=O)n2CC)C1=S. The number of thiocarbonyl (C=S) groups is 2. The van der Waals surface area contributed by atoms with E-state index >= 15 is 0 Å². The smallest absolute Gasteiger partial charge is 0.298 e. The zero-order chi connectivity index (χ0) is 34.4. The summed E-state index contributed by atoms with van der Waals surface area (Å²) in [6, 6.07) is 14.1. The van der Waals surface area contributed by atoms with Crippen molar-refractivity contribution < 1.29 is 19.1 Å². The molecule has 10 nitrogen and oxygen atoms in total. The fraction of sp³-hybridized carbons (Fsp3) is 0.294. The third-order valence-electron chi connectivity index (χ3n) is 9.05. The number of hydrogen-bond donors (Lipinski definition) is 0. The zero-order valence-corrected chi connectivity index (χ0v) is 30.5. The van der Waals surface area contributed by atoms with Gasteiger partial charge < -0.3 is 19.3 Å². The number of fused-ring (bicyclic) bond motifs is 3. The number of nitrogens with zero attached hydrogens (tertiary/aromatic N) is 4.